The van der Waals surface area contributed by atoms with E-state index in [2.05, 4.69) is 87.6 Å². The second kappa shape index (κ2) is 7.88. The summed E-state index contributed by atoms with van der Waals surface area (Å²) in [5.74, 6) is 1.86. The molecule has 0 amide bonds. The standard InChI is InChI=1S/C24H26N6/c1-17-15-29(16-18(2)28-17)22-13-20(7-9-26-22)24-21-6-4-3-5-19(21)8-12-30(24)23-14-25-10-11-27-23/h3-14,17-18,24,28H,15-16H2,1-2H3/t17-,18+,24?. The van der Waals surface area contributed by atoms with Crippen LogP contribution in [0.4, 0.5) is 11.6 Å². The molecule has 0 spiro atoms. The molecule has 5 rings (SSSR count). The maximum atomic E-state index is 4.71. The van der Waals surface area contributed by atoms with Gasteiger partial charge < -0.3 is 15.1 Å². The first-order valence-corrected chi connectivity index (χ1v) is 10.5. The highest BCUT2D eigenvalue weighted by Gasteiger charge is 2.28. The van der Waals surface area contributed by atoms with Gasteiger partial charge in [0, 0.05) is 50.0 Å². The number of piperazine rings is 1. The van der Waals surface area contributed by atoms with E-state index in [0.717, 1.165) is 24.7 Å². The molecule has 1 fully saturated rings. The second-order valence-electron chi connectivity index (χ2n) is 8.14. The minimum absolute atomic E-state index is 0.0161. The van der Waals surface area contributed by atoms with Gasteiger partial charge >= 0.3 is 0 Å². The van der Waals surface area contributed by atoms with Crippen molar-refractivity contribution in [2.24, 2.45) is 0 Å². The highest BCUT2D eigenvalue weighted by molar-refractivity contribution is 5.67. The van der Waals surface area contributed by atoms with E-state index in [9.17, 15) is 0 Å². The zero-order chi connectivity index (χ0) is 20.5. The highest BCUT2D eigenvalue weighted by atomic mass is 15.3. The first kappa shape index (κ1) is 18.8. The minimum atomic E-state index is 0.0161. The summed E-state index contributed by atoms with van der Waals surface area (Å²) in [6, 6.07) is 13.8. The van der Waals surface area contributed by atoms with Crippen LogP contribution in [0.25, 0.3) is 6.08 Å². The first-order valence-electron chi connectivity index (χ1n) is 10.5. The molecule has 2 aliphatic rings. The monoisotopic (exact) mass is 398 g/mol. The lowest BCUT2D eigenvalue weighted by atomic mass is 9.91. The summed E-state index contributed by atoms with van der Waals surface area (Å²) in [5, 5.41) is 3.60. The predicted molar refractivity (Wildman–Crippen MR) is 120 cm³/mol. The maximum absolute atomic E-state index is 4.71. The molecule has 1 aromatic carbocycles. The van der Waals surface area contributed by atoms with Crippen molar-refractivity contribution in [1.29, 1.82) is 0 Å². The van der Waals surface area contributed by atoms with Crippen LogP contribution in [-0.2, 0) is 0 Å². The van der Waals surface area contributed by atoms with E-state index in [4.69, 9.17) is 4.98 Å². The number of aromatic nitrogens is 3. The molecule has 0 aliphatic carbocycles. The van der Waals surface area contributed by atoms with Crippen LogP contribution in [0.15, 0.2) is 67.4 Å². The second-order valence-corrected chi connectivity index (χ2v) is 8.14. The van der Waals surface area contributed by atoms with Crippen molar-refractivity contribution in [2.75, 3.05) is 22.9 Å². The van der Waals surface area contributed by atoms with Crippen LogP contribution in [0.1, 0.15) is 36.6 Å². The van der Waals surface area contributed by atoms with Crippen molar-refractivity contribution in [3.8, 4) is 0 Å². The van der Waals surface area contributed by atoms with Crippen LogP contribution in [-0.4, -0.2) is 40.1 Å². The Labute approximate surface area is 177 Å². The maximum Gasteiger partial charge on any atom is 0.151 e. The van der Waals surface area contributed by atoms with E-state index in [1.165, 1.54) is 16.7 Å². The Morgan fingerprint density at radius 1 is 0.933 bits per heavy atom. The molecule has 6 heteroatoms. The van der Waals surface area contributed by atoms with Crippen LogP contribution >= 0.6 is 0 Å². The van der Waals surface area contributed by atoms with E-state index in [1.807, 2.05) is 12.4 Å². The quantitative estimate of drug-likeness (QED) is 0.727. The lowest BCUT2D eigenvalue weighted by molar-refractivity contribution is 0.405. The summed E-state index contributed by atoms with van der Waals surface area (Å²) >= 11 is 0. The topological polar surface area (TPSA) is 57.2 Å². The third-order valence-electron chi connectivity index (χ3n) is 5.76. The van der Waals surface area contributed by atoms with Crippen LogP contribution in [0, 0.1) is 0 Å². The van der Waals surface area contributed by atoms with Crippen molar-refractivity contribution in [1.82, 2.24) is 20.3 Å². The zero-order valence-corrected chi connectivity index (χ0v) is 17.3. The molecule has 6 nitrogen and oxygen atoms in total. The Kier molecular flexibility index (Phi) is 4.93. The van der Waals surface area contributed by atoms with Crippen LogP contribution in [0.3, 0.4) is 0 Å². The molecule has 3 aromatic rings. The molecule has 1 N–H and O–H groups in total. The summed E-state index contributed by atoms with van der Waals surface area (Å²) in [7, 11) is 0. The van der Waals surface area contributed by atoms with Crippen molar-refractivity contribution in [3.05, 3.63) is 84.1 Å². The number of nitrogens with one attached hydrogen (secondary N) is 1. The molecular weight excluding hydrogens is 372 g/mol. The number of rotatable bonds is 3. The van der Waals surface area contributed by atoms with Gasteiger partial charge in [-0.1, -0.05) is 24.3 Å². The molecular formula is C24H26N6. The van der Waals surface area contributed by atoms with E-state index >= 15 is 0 Å². The number of pyridine rings is 1. The third kappa shape index (κ3) is 3.55. The third-order valence-corrected chi connectivity index (χ3v) is 5.76. The number of hydrogen-bond donors (Lipinski definition) is 1. The predicted octanol–water partition coefficient (Wildman–Crippen LogP) is 3.64. The van der Waals surface area contributed by atoms with Crippen molar-refractivity contribution < 1.29 is 0 Å². The van der Waals surface area contributed by atoms with Gasteiger partial charge in [-0.15, -0.1) is 0 Å². The fourth-order valence-electron chi connectivity index (χ4n) is 4.57. The Balaban J connectivity index is 1.57. The summed E-state index contributed by atoms with van der Waals surface area (Å²) < 4.78 is 0. The van der Waals surface area contributed by atoms with Gasteiger partial charge in [0.2, 0.25) is 0 Å². The molecule has 4 heterocycles. The van der Waals surface area contributed by atoms with Crippen molar-refractivity contribution >= 4 is 17.7 Å². The molecule has 1 saturated heterocycles. The van der Waals surface area contributed by atoms with Gasteiger partial charge in [-0.05, 0) is 48.7 Å². The molecule has 152 valence electrons. The lowest BCUT2D eigenvalue weighted by Crippen LogP contribution is -2.54. The number of benzene rings is 1. The van der Waals surface area contributed by atoms with E-state index in [0.29, 0.717) is 12.1 Å². The Bertz CT molecular complexity index is 1040. The van der Waals surface area contributed by atoms with Crippen LogP contribution in [0.5, 0.6) is 0 Å². The largest absolute Gasteiger partial charge is 0.354 e. The van der Waals surface area contributed by atoms with Gasteiger partial charge in [0.25, 0.3) is 0 Å². The number of anilines is 2. The van der Waals surface area contributed by atoms with Crippen LogP contribution in [0.2, 0.25) is 0 Å². The SMILES string of the molecule is C[C@@H]1CN(c2cc(C3c4ccccc4C=CN3c3cnccn3)ccn2)C[C@H](C)N1. The van der Waals surface area contributed by atoms with Gasteiger partial charge in [-0.25, -0.2) is 9.97 Å². The van der Waals surface area contributed by atoms with Gasteiger partial charge in [0.15, 0.2) is 5.82 Å². The summed E-state index contributed by atoms with van der Waals surface area (Å²) in [5.41, 5.74) is 3.68. The molecule has 1 unspecified atom stereocenters. The summed E-state index contributed by atoms with van der Waals surface area (Å²) in [4.78, 5) is 18.1. The zero-order valence-electron chi connectivity index (χ0n) is 17.3. The molecule has 2 aliphatic heterocycles. The number of hydrogen-bond acceptors (Lipinski definition) is 6. The average molecular weight is 399 g/mol. The Morgan fingerprint density at radius 3 is 2.53 bits per heavy atom. The average Bonchev–Trinajstić information content (AvgIpc) is 2.78. The van der Waals surface area contributed by atoms with E-state index in [1.54, 1.807) is 12.4 Å². The highest BCUT2D eigenvalue weighted by Crippen LogP contribution is 2.38. The van der Waals surface area contributed by atoms with Gasteiger partial charge in [-0.3, -0.25) is 4.98 Å². The van der Waals surface area contributed by atoms with Gasteiger partial charge in [0.1, 0.15) is 5.82 Å². The molecule has 3 atom stereocenters. The molecule has 2 aromatic heterocycles. The Morgan fingerprint density at radius 2 is 1.73 bits per heavy atom. The number of nitrogens with zero attached hydrogens (tertiary/aromatic N) is 5. The lowest BCUT2D eigenvalue weighted by Gasteiger charge is -2.38. The van der Waals surface area contributed by atoms with E-state index in [-0.39, 0.29) is 6.04 Å². The first-order chi connectivity index (χ1) is 14.7. The summed E-state index contributed by atoms with van der Waals surface area (Å²) in [6.45, 7) is 6.36. The normalized spacial score (nSPS) is 23.3. The number of fused-ring (bicyclic) bond motifs is 1. The smallest absolute Gasteiger partial charge is 0.151 e. The summed E-state index contributed by atoms with van der Waals surface area (Å²) in [6.07, 6.45) is 11.4. The molecule has 0 bridgehead atoms. The van der Waals surface area contributed by atoms with Gasteiger partial charge in [0.05, 0.1) is 12.2 Å². The molecule has 0 saturated carbocycles. The van der Waals surface area contributed by atoms with E-state index < -0.39 is 0 Å². The van der Waals surface area contributed by atoms with Gasteiger partial charge in [-0.2, -0.15) is 0 Å². The van der Waals surface area contributed by atoms with Crippen molar-refractivity contribution in [3.63, 3.8) is 0 Å². The Hall–Kier alpha value is -3.25. The molecule has 30 heavy (non-hydrogen) atoms. The minimum Gasteiger partial charge on any atom is -0.354 e. The van der Waals surface area contributed by atoms with Crippen LogP contribution < -0.4 is 15.1 Å². The van der Waals surface area contributed by atoms with Crippen molar-refractivity contribution in [2.45, 2.75) is 32.0 Å². The fourth-order valence-corrected chi connectivity index (χ4v) is 4.57. The fraction of sp³-hybridized carbons (Fsp3) is 0.292. The molecule has 0 radical (unpaired) electrons.